The van der Waals surface area contributed by atoms with Gasteiger partial charge in [-0.05, 0) is 66.1 Å². The average molecular weight is 513 g/mol. The van der Waals surface area contributed by atoms with Crippen molar-refractivity contribution in [3.05, 3.63) is 101 Å². The van der Waals surface area contributed by atoms with Gasteiger partial charge in [-0.1, -0.05) is 41.9 Å². The third-order valence-electron chi connectivity index (χ3n) is 5.08. The molecule has 0 spiro atoms. The number of aromatic nitrogens is 1. The summed E-state index contributed by atoms with van der Waals surface area (Å²) in [5.74, 6) is -2.33. The van der Waals surface area contributed by atoms with Gasteiger partial charge in [0, 0.05) is 22.5 Å². The number of aromatic amines is 1. The van der Waals surface area contributed by atoms with Crippen LogP contribution in [0.5, 0.6) is 0 Å². The lowest BCUT2D eigenvalue weighted by Gasteiger charge is -2.13. The summed E-state index contributed by atoms with van der Waals surface area (Å²) in [6.45, 7) is 1.63. The SMILES string of the molecule is Cc1ccc(C(=O)O)c(-c2ccc(Cl)cc2)c1C(=O)O.NS(=O)(=O)c1ccc(-c2ccc[nH]2)cc1. The number of H-pyrrole nitrogens is 1. The maximum atomic E-state index is 11.4. The lowest BCUT2D eigenvalue weighted by Crippen LogP contribution is -2.11. The first kappa shape index (κ1) is 25.7. The predicted molar refractivity (Wildman–Crippen MR) is 133 cm³/mol. The first-order valence-electron chi connectivity index (χ1n) is 10.1. The number of sulfonamides is 1. The zero-order chi connectivity index (χ0) is 25.8. The molecule has 1 heterocycles. The fourth-order valence-electron chi connectivity index (χ4n) is 3.41. The first-order chi connectivity index (χ1) is 16.5. The number of hydrogen-bond donors (Lipinski definition) is 4. The highest BCUT2D eigenvalue weighted by atomic mass is 35.5. The topological polar surface area (TPSA) is 151 Å². The highest BCUT2D eigenvalue weighted by Gasteiger charge is 2.21. The van der Waals surface area contributed by atoms with Gasteiger partial charge in [0.2, 0.25) is 10.0 Å². The standard InChI is InChI=1S/C15H11ClO4.C10H10N2O2S/c1-8-2-7-11(14(17)18)13(12(8)15(19)20)9-3-5-10(16)6-4-9;11-15(13,14)9-5-3-8(4-6-9)10-2-1-7-12-10/h2-7H,1H3,(H,17,18)(H,19,20);1-7,12H,(H2,11,13,14). The van der Waals surface area contributed by atoms with E-state index in [1.54, 1.807) is 43.3 Å². The second-order valence-electron chi connectivity index (χ2n) is 7.45. The molecule has 0 atom stereocenters. The van der Waals surface area contributed by atoms with Gasteiger partial charge < -0.3 is 15.2 Å². The summed E-state index contributed by atoms with van der Waals surface area (Å²) < 4.78 is 22.0. The maximum absolute atomic E-state index is 11.4. The third kappa shape index (κ3) is 6.15. The van der Waals surface area contributed by atoms with E-state index in [1.165, 1.54) is 24.3 Å². The summed E-state index contributed by atoms with van der Waals surface area (Å²) in [7, 11) is -3.60. The van der Waals surface area contributed by atoms with Crippen molar-refractivity contribution in [3.8, 4) is 22.4 Å². The molecular weight excluding hydrogens is 492 g/mol. The van der Waals surface area contributed by atoms with Gasteiger partial charge >= 0.3 is 11.9 Å². The second kappa shape index (κ2) is 10.6. The summed E-state index contributed by atoms with van der Waals surface area (Å²) in [5, 5.41) is 24.1. The van der Waals surface area contributed by atoms with Gasteiger partial charge in [-0.2, -0.15) is 0 Å². The van der Waals surface area contributed by atoms with Crippen LogP contribution < -0.4 is 5.14 Å². The number of primary sulfonamides is 1. The monoisotopic (exact) mass is 512 g/mol. The molecule has 0 unspecified atom stereocenters. The number of nitrogens with one attached hydrogen (secondary N) is 1. The van der Waals surface area contributed by atoms with Crippen LogP contribution in [0.15, 0.2) is 83.9 Å². The lowest BCUT2D eigenvalue weighted by molar-refractivity contribution is 0.0695. The summed E-state index contributed by atoms with van der Waals surface area (Å²) in [6, 6.07) is 19.5. The van der Waals surface area contributed by atoms with E-state index >= 15 is 0 Å². The molecule has 0 fully saturated rings. The number of halogens is 1. The van der Waals surface area contributed by atoms with Crippen LogP contribution in [0.4, 0.5) is 0 Å². The van der Waals surface area contributed by atoms with Crippen LogP contribution in [-0.2, 0) is 10.0 Å². The van der Waals surface area contributed by atoms with Crippen LogP contribution in [0.25, 0.3) is 22.4 Å². The van der Waals surface area contributed by atoms with Crippen molar-refractivity contribution >= 4 is 33.6 Å². The van der Waals surface area contributed by atoms with E-state index in [-0.39, 0.29) is 21.6 Å². The van der Waals surface area contributed by atoms with Crippen LogP contribution in [0.2, 0.25) is 5.02 Å². The number of nitrogens with two attached hydrogens (primary N) is 1. The molecule has 0 radical (unpaired) electrons. The summed E-state index contributed by atoms with van der Waals surface area (Å²) in [5.41, 5.74) is 3.02. The molecule has 0 bridgehead atoms. The molecule has 0 amide bonds. The van der Waals surface area contributed by atoms with Gasteiger partial charge in [-0.3, -0.25) is 0 Å². The van der Waals surface area contributed by atoms with E-state index in [9.17, 15) is 28.2 Å². The normalized spacial score (nSPS) is 10.8. The van der Waals surface area contributed by atoms with Crippen molar-refractivity contribution in [2.45, 2.75) is 11.8 Å². The highest BCUT2D eigenvalue weighted by Crippen LogP contribution is 2.31. The Morgan fingerprint density at radius 3 is 1.94 bits per heavy atom. The van der Waals surface area contributed by atoms with Gasteiger partial charge in [-0.15, -0.1) is 0 Å². The number of carbonyl (C=O) groups is 2. The van der Waals surface area contributed by atoms with Crippen molar-refractivity contribution in [2.24, 2.45) is 5.14 Å². The lowest BCUT2D eigenvalue weighted by atomic mass is 9.91. The van der Waals surface area contributed by atoms with E-state index in [1.807, 2.05) is 18.3 Å². The molecule has 180 valence electrons. The number of benzene rings is 3. The Kier molecular flexibility index (Phi) is 7.75. The molecule has 0 aliphatic carbocycles. The van der Waals surface area contributed by atoms with Crippen molar-refractivity contribution in [1.82, 2.24) is 4.98 Å². The van der Waals surface area contributed by atoms with Gasteiger partial charge in [-0.25, -0.2) is 23.1 Å². The minimum atomic E-state index is -3.60. The van der Waals surface area contributed by atoms with Gasteiger partial charge in [0.1, 0.15) is 0 Å². The van der Waals surface area contributed by atoms with Crippen LogP contribution in [0, 0.1) is 6.92 Å². The van der Waals surface area contributed by atoms with Crippen molar-refractivity contribution in [3.63, 3.8) is 0 Å². The molecule has 4 aromatic rings. The maximum Gasteiger partial charge on any atom is 0.336 e. The number of rotatable bonds is 5. The van der Waals surface area contributed by atoms with Crippen LogP contribution in [0.1, 0.15) is 26.3 Å². The van der Waals surface area contributed by atoms with Gasteiger partial charge in [0.25, 0.3) is 0 Å². The Balaban J connectivity index is 0.000000203. The number of carboxylic acid groups (broad SMARTS) is 2. The molecule has 0 saturated carbocycles. The van der Waals surface area contributed by atoms with Crippen LogP contribution >= 0.6 is 11.6 Å². The smallest absolute Gasteiger partial charge is 0.336 e. The van der Waals surface area contributed by atoms with E-state index in [4.69, 9.17) is 16.7 Å². The average Bonchev–Trinajstić information content (AvgIpc) is 3.34. The minimum absolute atomic E-state index is 0.00720. The van der Waals surface area contributed by atoms with Crippen molar-refractivity contribution in [2.75, 3.05) is 0 Å². The quantitative estimate of drug-likeness (QED) is 0.294. The van der Waals surface area contributed by atoms with E-state index in [0.717, 1.165) is 11.3 Å². The zero-order valence-electron chi connectivity index (χ0n) is 18.4. The van der Waals surface area contributed by atoms with E-state index in [0.29, 0.717) is 16.1 Å². The van der Waals surface area contributed by atoms with E-state index in [2.05, 4.69) is 4.98 Å². The third-order valence-corrected chi connectivity index (χ3v) is 6.26. The molecule has 0 aliphatic heterocycles. The fraction of sp³-hybridized carbons (Fsp3) is 0.0400. The van der Waals surface area contributed by atoms with Gasteiger partial charge in [0.15, 0.2) is 0 Å². The summed E-state index contributed by atoms with van der Waals surface area (Å²) in [4.78, 5) is 25.9. The Labute approximate surface area is 206 Å². The molecule has 5 N–H and O–H groups in total. The molecule has 35 heavy (non-hydrogen) atoms. The van der Waals surface area contributed by atoms with Gasteiger partial charge in [0.05, 0.1) is 16.0 Å². The number of aromatic carboxylic acids is 2. The predicted octanol–water partition coefficient (Wildman–Crippen LogP) is 5.04. The molecule has 8 nitrogen and oxygen atoms in total. The second-order valence-corrected chi connectivity index (χ2v) is 9.45. The molecule has 4 rings (SSSR count). The molecule has 10 heteroatoms. The zero-order valence-corrected chi connectivity index (χ0v) is 20.0. The van der Waals surface area contributed by atoms with Crippen molar-refractivity contribution < 1.29 is 28.2 Å². The largest absolute Gasteiger partial charge is 0.478 e. The Bertz CT molecular complexity index is 1460. The summed E-state index contributed by atoms with van der Waals surface area (Å²) >= 11 is 5.80. The first-order valence-corrected chi connectivity index (χ1v) is 12.0. The number of hydrogen-bond acceptors (Lipinski definition) is 4. The Morgan fingerprint density at radius 1 is 0.857 bits per heavy atom. The Morgan fingerprint density at radius 2 is 1.46 bits per heavy atom. The number of carboxylic acids is 2. The molecule has 0 aliphatic rings. The Hall–Kier alpha value is -3.92. The molecule has 0 saturated heterocycles. The molecule has 1 aromatic heterocycles. The summed E-state index contributed by atoms with van der Waals surface area (Å²) in [6.07, 6.45) is 1.81. The van der Waals surface area contributed by atoms with Crippen LogP contribution in [-0.4, -0.2) is 35.6 Å². The molecular formula is C25H21ClN2O6S. The van der Waals surface area contributed by atoms with E-state index < -0.39 is 22.0 Å². The fourth-order valence-corrected chi connectivity index (χ4v) is 4.05. The highest BCUT2D eigenvalue weighted by molar-refractivity contribution is 7.89. The van der Waals surface area contributed by atoms with Crippen molar-refractivity contribution in [1.29, 1.82) is 0 Å². The number of aryl methyl sites for hydroxylation is 1. The van der Waals surface area contributed by atoms with Crippen LogP contribution in [0.3, 0.4) is 0 Å². The molecule has 3 aromatic carbocycles. The minimum Gasteiger partial charge on any atom is -0.478 e.